The number of carbonyl (C=O) groups excluding carboxylic acids is 1. The second kappa shape index (κ2) is 8.32. The van der Waals surface area contributed by atoms with Gasteiger partial charge in [0.1, 0.15) is 12.4 Å². The van der Waals surface area contributed by atoms with Gasteiger partial charge in [-0.1, -0.05) is 60.1 Å². The van der Waals surface area contributed by atoms with Crippen molar-refractivity contribution in [3.8, 4) is 5.75 Å². The summed E-state index contributed by atoms with van der Waals surface area (Å²) in [5.74, 6) is 0.742. The molecule has 0 aliphatic heterocycles. The lowest BCUT2D eigenvalue weighted by atomic mass is 10.1. The Bertz CT molecular complexity index is 851. The van der Waals surface area contributed by atoms with Gasteiger partial charge in [-0.05, 0) is 53.6 Å². The fourth-order valence-electron chi connectivity index (χ4n) is 2.30. The van der Waals surface area contributed by atoms with E-state index in [1.54, 1.807) is 36.4 Å². The van der Waals surface area contributed by atoms with E-state index in [0.29, 0.717) is 17.2 Å². The zero-order chi connectivity index (χ0) is 17.5. The Hall–Kier alpha value is -2.84. The molecule has 0 unspecified atom stereocenters. The van der Waals surface area contributed by atoms with Gasteiger partial charge in [0.2, 0.25) is 0 Å². The molecule has 0 aromatic heterocycles. The van der Waals surface area contributed by atoms with E-state index >= 15 is 0 Å². The molecule has 0 aliphatic rings. The van der Waals surface area contributed by atoms with Crippen LogP contribution in [0.2, 0.25) is 5.02 Å². The van der Waals surface area contributed by atoms with Crippen molar-refractivity contribution in [1.29, 1.82) is 0 Å². The van der Waals surface area contributed by atoms with Crippen LogP contribution in [0.3, 0.4) is 0 Å². The van der Waals surface area contributed by atoms with E-state index < -0.39 is 0 Å². The molecule has 124 valence electrons. The zero-order valence-corrected chi connectivity index (χ0v) is 14.3. The Morgan fingerprint density at radius 2 is 1.56 bits per heavy atom. The summed E-state index contributed by atoms with van der Waals surface area (Å²) in [5, 5.41) is 0.617. The standard InChI is InChI=1S/C22H17ClO2/c23-20-11-9-19(10-12-20)22(24)15-8-17-6-13-21(14-7-17)25-16-18-4-2-1-3-5-18/h1-15H,16H2/b15-8+. The molecule has 0 heterocycles. The highest BCUT2D eigenvalue weighted by Crippen LogP contribution is 2.16. The molecule has 3 aromatic carbocycles. The third-order valence-electron chi connectivity index (χ3n) is 3.68. The summed E-state index contributed by atoms with van der Waals surface area (Å²) >= 11 is 5.83. The molecule has 0 atom stereocenters. The molecule has 3 rings (SSSR count). The average Bonchev–Trinajstić information content (AvgIpc) is 2.67. The lowest BCUT2D eigenvalue weighted by Gasteiger charge is -2.06. The lowest BCUT2D eigenvalue weighted by Crippen LogP contribution is -1.95. The summed E-state index contributed by atoms with van der Waals surface area (Å²) < 4.78 is 5.75. The van der Waals surface area contributed by atoms with Crippen molar-refractivity contribution in [1.82, 2.24) is 0 Å². The quantitative estimate of drug-likeness (QED) is 0.414. The van der Waals surface area contributed by atoms with Crippen LogP contribution in [0.25, 0.3) is 6.08 Å². The molecule has 3 aromatic rings. The fourth-order valence-corrected chi connectivity index (χ4v) is 2.42. The fraction of sp³-hybridized carbons (Fsp3) is 0.0455. The van der Waals surface area contributed by atoms with Crippen LogP contribution < -0.4 is 4.74 Å². The van der Waals surface area contributed by atoms with Gasteiger partial charge in [-0.2, -0.15) is 0 Å². The van der Waals surface area contributed by atoms with E-state index in [4.69, 9.17) is 16.3 Å². The van der Waals surface area contributed by atoms with E-state index in [9.17, 15) is 4.79 Å². The van der Waals surface area contributed by atoms with Gasteiger partial charge in [0.05, 0.1) is 0 Å². The van der Waals surface area contributed by atoms with E-state index in [1.165, 1.54) is 0 Å². The summed E-state index contributed by atoms with van der Waals surface area (Å²) in [5.41, 5.74) is 2.68. The number of hydrogen-bond donors (Lipinski definition) is 0. The lowest BCUT2D eigenvalue weighted by molar-refractivity contribution is 0.104. The van der Waals surface area contributed by atoms with Crippen molar-refractivity contribution in [3.05, 3.63) is 107 Å². The van der Waals surface area contributed by atoms with Crippen molar-refractivity contribution in [2.45, 2.75) is 6.61 Å². The number of benzene rings is 3. The molecule has 0 bridgehead atoms. The van der Waals surface area contributed by atoms with Crippen molar-refractivity contribution >= 4 is 23.5 Å². The molecular formula is C22H17ClO2. The number of halogens is 1. The predicted octanol–water partition coefficient (Wildman–Crippen LogP) is 5.82. The summed E-state index contributed by atoms with van der Waals surface area (Å²) in [6.07, 6.45) is 3.35. The molecule has 0 aliphatic carbocycles. The van der Waals surface area contributed by atoms with E-state index in [1.807, 2.05) is 54.6 Å². The molecule has 0 amide bonds. The van der Waals surface area contributed by atoms with Crippen LogP contribution in [0.4, 0.5) is 0 Å². The van der Waals surface area contributed by atoms with Gasteiger partial charge in [0, 0.05) is 10.6 Å². The highest BCUT2D eigenvalue weighted by atomic mass is 35.5. The third kappa shape index (κ3) is 5.07. The molecule has 25 heavy (non-hydrogen) atoms. The number of rotatable bonds is 6. The number of carbonyl (C=O) groups is 1. The van der Waals surface area contributed by atoms with Crippen LogP contribution in [-0.2, 0) is 6.61 Å². The summed E-state index contributed by atoms with van der Waals surface area (Å²) in [7, 11) is 0. The molecule has 0 radical (unpaired) electrons. The second-order valence-corrected chi connectivity index (χ2v) is 5.98. The van der Waals surface area contributed by atoms with Crippen LogP contribution in [0.1, 0.15) is 21.5 Å². The Balaban J connectivity index is 1.58. The molecular weight excluding hydrogens is 332 g/mol. The average molecular weight is 349 g/mol. The molecule has 3 heteroatoms. The minimum absolute atomic E-state index is 0.0546. The topological polar surface area (TPSA) is 26.3 Å². The Kier molecular flexibility index (Phi) is 5.65. The molecule has 0 saturated heterocycles. The zero-order valence-electron chi connectivity index (χ0n) is 13.6. The first kappa shape index (κ1) is 17.0. The van der Waals surface area contributed by atoms with Crippen LogP contribution >= 0.6 is 11.6 Å². The summed E-state index contributed by atoms with van der Waals surface area (Å²) in [6, 6.07) is 24.5. The smallest absolute Gasteiger partial charge is 0.185 e. The van der Waals surface area contributed by atoms with Crippen LogP contribution in [-0.4, -0.2) is 5.78 Å². The van der Waals surface area contributed by atoms with E-state index in [-0.39, 0.29) is 5.78 Å². The summed E-state index contributed by atoms with van der Waals surface area (Å²) in [4.78, 5) is 12.1. The van der Waals surface area contributed by atoms with Gasteiger partial charge in [-0.25, -0.2) is 0 Å². The van der Waals surface area contributed by atoms with Gasteiger partial charge in [0.15, 0.2) is 5.78 Å². The Morgan fingerprint density at radius 3 is 2.24 bits per heavy atom. The minimum Gasteiger partial charge on any atom is -0.489 e. The second-order valence-electron chi connectivity index (χ2n) is 5.55. The van der Waals surface area contributed by atoms with Crippen LogP contribution in [0, 0.1) is 0 Å². The molecule has 0 saturated carbocycles. The number of ketones is 1. The number of hydrogen-bond acceptors (Lipinski definition) is 2. The first-order chi connectivity index (χ1) is 12.2. The number of ether oxygens (including phenoxy) is 1. The first-order valence-electron chi connectivity index (χ1n) is 7.95. The van der Waals surface area contributed by atoms with Crippen molar-refractivity contribution in [3.63, 3.8) is 0 Å². The number of allylic oxidation sites excluding steroid dienone is 1. The largest absolute Gasteiger partial charge is 0.489 e. The molecule has 0 spiro atoms. The third-order valence-corrected chi connectivity index (χ3v) is 3.94. The van der Waals surface area contributed by atoms with E-state index in [2.05, 4.69) is 0 Å². The monoisotopic (exact) mass is 348 g/mol. The SMILES string of the molecule is O=C(/C=C/c1ccc(OCc2ccccc2)cc1)c1ccc(Cl)cc1. The molecule has 0 N–H and O–H groups in total. The maximum Gasteiger partial charge on any atom is 0.185 e. The first-order valence-corrected chi connectivity index (χ1v) is 8.33. The van der Waals surface area contributed by atoms with Gasteiger partial charge in [-0.3, -0.25) is 4.79 Å². The highest BCUT2D eigenvalue weighted by molar-refractivity contribution is 6.30. The minimum atomic E-state index is -0.0546. The maximum atomic E-state index is 12.1. The normalized spacial score (nSPS) is 10.8. The van der Waals surface area contributed by atoms with Gasteiger partial charge in [0.25, 0.3) is 0 Å². The van der Waals surface area contributed by atoms with Crippen molar-refractivity contribution < 1.29 is 9.53 Å². The van der Waals surface area contributed by atoms with E-state index in [0.717, 1.165) is 16.9 Å². The summed E-state index contributed by atoms with van der Waals surface area (Å²) in [6.45, 7) is 0.533. The predicted molar refractivity (Wildman–Crippen MR) is 102 cm³/mol. The van der Waals surface area contributed by atoms with Crippen molar-refractivity contribution in [2.75, 3.05) is 0 Å². The van der Waals surface area contributed by atoms with Crippen LogP contribution in [0.15, 0.2) is 84.9 Å². The Morgan fingerprint density at radius 1 is 0.880 bits per heavy atom. The van der Waals surface area contributed by atoms with Gasteiger partial charge in [-0.15, -0.1) is 0 Å². The Labute approximate surface area is 152 Å². The maximum absolute atomic E-state index is 12.1. The van der Waals surface area contributed by atoms with Crippen LogP contribution in [0.5, 0.6) is 5.75 Å². The molecule has 0 fully saturated rings. The van der Waals surface area contributed by atoms with Gasteiger partial charge < -0.3 is 4.74 Å². The highest BCUT2D eigenvalue weighted by Gasteiger charge is 2.01. The van der Waals surface area contributed by atoms with Crippen molar-refractivity contribution in [2.24, 2.45) is 0 Å². The molecule has 2 nitrogen and oxygen atoms in total. The van der Waals surface area contributed by atoms with Gasteiger partial charge >= 0.3 is 0 Å².